The maximum atomic E-state index is 14.4. The summed E-state index contributed by atoms with van der Waals surface area (Å²) >= 11 is 1.08. The van der Waals surface area contributed by atoms with Gasteiger partial charge in [0.05, 0.1) is 74.9 Å². The summed E-state index contributed by atoms with van der Waals surface area (Å²) in [6.07, 6.45) is 2.98. The first-order valence-corrected chi connectivity index (χ1v) is 32.9. The van der Waals surface area contributed by atoms with Crippen LogP contribution in [0, 0.1) is 35.0 Å². The molecule has 3 rings (SSSR count). The Kier molecular flexibility index (Phi) is 34.7. The number of carbonyl (C=O) groups excluding carboxylic acids is 9. The van der Waals surface area contributed by atoms with E-state index < -0.39 is 82.7 Å². The summed E-state index contributed by atoms with van der Waals surface area (Å²) in [6.45, 7) is 25.1. The number of piperidine rings is 1. The number of likely N-dealkylation sites (N-methyl/N-ethyl adjacent to an activating group) is 2. The second kappa shape index (κ2) is 40.2. The third kappa shape index (κ3) is 29.8. The van der Waals surface area contributed by atoms with Gasteiger partial charge in [0.15, 0.2) is 11.9 Å². The maximum Gasteiger partial charge on any atom is 0.308 e. The van der Waals surface area contributed by atoms with Gasteiger partial charge in [-0.2, -0.15) is 0 Å². The fourth-order valence-corrected chi connectivity index (χ4v) is 10.7. The van der Waals surface area contributed by atoms with Crippen molar-refractivity contribution < 1.29 is 81.5 Å². The minimum Gasteiger partial charge on any atom is -0.481 e. The molecule has 0 aliphatic carbocycles. The van der Waals surface area contributed by atoms with Gasteiger partial charge in [-0.05, 0) is 117 Å². The van der Waals surface area contributed by atoms with Gasteiger partial charge in [0.1, 0.15) is 16.7 Å². The fraction of sp³-hybridized carbons (Fsp3) is 0.682. The Balaban J connectivity index is 1.64. The van der Waals surface area contributed by atoms with E-state index in [0.717, 1.165) is 30.7 Å². The van der Waals surface area contributed by atoms with E-state index >= 15 is 0 Å². The molecule has 2 heterocycles. The van der Waals surface area contributed by atoms with Crippen molar-refractivity contribution in [2.24, 2.45) is 23.2 Å². The summed E-state index contributed by atoms with van der Waals surface area (Å²) in [5.74, 6) is -2.16. The van der Waals surface area contributed by atoms with E-state index in [9.17, 15) is 53.1 Å². The number of benzene rings is 1. The number of thiazole rings is 1. The number of likely N-dealkylation sites (tertiary alicyclic amines) is 1. The van der Waals surface area contributed by atoms with E-state index in [1.165, 1.54) is 32.2 Å². The van der Waals surface area contributed by atoms with Crippen LogP contribution in [0.1, 0.15) is 169 Å². The lowest BCUT2D eigenvalue weighted by molar-refractivity contribution is -0.149. The lowest BCUT2D eigenvalue weighted by Crippen LogP contribution is -2.58. The number of esters is 2. The highest BCUT2D eigenvalue weighted by atomic mass is 32.1. The molecule has 1 fully saturated rings. The van der Waals surface area contributed by atoms with Crippen molar-refractivity contribution in [3.8, 4) is 17.6 Å². The Bertz CT molecular complexity index is 2870. The number of hydrogen-bond donors (Lipinski definition) is 7. The molecule has 93 heavy (non-hydrogen) atoms. The molecular formula is C66H103N9O17S. The van der Waals surface area contributed by atoms with E-state index in [4.69, 9.17) is 28.4 Å². The minimum absolute atomic E-state index is 0.0252. The van der Waals surface area contributed by atoms with E-state index in [1.807, 2.05) is 53.5 Å². The molecule has 2 aromatic rings. The van der Waals surface area contributed by atoms with Crippen molar-refractivity contribution >= 4 is 76.3 Å². The zero-order chi connectivity index (χ0) is 69.6. The first-order chi connectivity index (χ1) is 43.7. The van der Waals surface area contributed by atoms with Gasteiger partial charge in [0.25, 0.3) is 17.7 Å². The summed E-state index contributed by atoms with van der Waals surface area (Å²) in [5.41, 5.74) is -1.44. The van der Waals surface area contributed by atoms with Gasteiger partial charge in [0.2, 0.25) is 23.6 Å². The summed E-state index contributed by atoms with van der Waals surface area (Å²) in [7, 11) is 3.59. The highest BCUT2D eigenvalue weighted by Gasteiger charge is 2.38. The predicted molar refractivity (Wildman–Crippen MR) is 350 cm³/mol. The normalized spacial score (nSPS) is 15.4. The van der Waals surface area contributed by atoms with Crippen LogP contribution in [0.25, 0.3) is 0 Å². The second-order valence-electron chi connectivity index (χ2n) is 25.5. The lowest BCUT2D eigenvalue weighted by Gasteiger charge is -2.38. The van der Waals surface area contributed by atoms with Gasteiger partial charge in [0, 0.05) is 82.2 Å². The molecule has 7 N–H and O–H groups in total. The van der Waals surface area contributed by atoms with Crippen LogP contribution in [0.4, 0.5) is 5.69 Å². The Hall–Kier alpha value is -7.09. The van der Waals surface area contributed by atoms with E-state index in [1.54, 1.807) is 51.8 Å². The summed E-state index contributed by atoms with van der Waals surface area (Å²) in [5, 5.41) is 28.6. The smallest absolute Gasteiger partial charge is 0.308 e. The third-order valence-electron chi connectivity index (χ3n) is 15.6. The van der Waals surface area contributed by atoms with Crippen molar-refractivity contribution in [1.29, 1.82) is 0 Å². The number of hydrogen-bond acceptors (Lipinski definition) is 19. The number of amides is 7. The Labute approximate surface area is 552 Å². The largest absolute Gasteiger partial charge is 0.481 e. The molecular weight excluding hydrogens is 1220 g/mol. The van der Waals surface area contributed by atoms with Crippen LogP contribution < -0.4 is 36.6 Å². The molecule has 1 aliphatic heterocycles. The van der Waals surface area contributed by atoms with E-state index in [-0.39, 0.29) is 122 Å². The molecule has 1 aliphatic rings. The van der Waals surface area contributed by atoms with Gasteiger partial charge in [-0.3, -0.25) is 52.8 Å². The molecule has 7 atom stereocenters. The molecule has 520 valence electrons. The van der Waals surface area contributed by atoms with Crippen LogP contribution in [0.15, 0.2) is 23.6 Å². The lowest BCUT2D eigenvalue weighted by atomic mass is 9.92. The molecule has 0 spiro atoms. The SMILES string of the molecule is CC[C@H](C)[C@H](NC(=O)[C@H]1CCCCN1C)C(=O)N(C)C(C[C@@H](OC(C)=O)c1nc(C(=O)N[C@@H](Cc2ccc(OC(C)=O)c(NC(=O)C(C)(C)COC(C)(C)CCNC(=O)C#CC(=O)NCCOCCOCCOCCC(=O)NC(C)C)c2)CC(C)C(=O)O)cs1)C(C)C. The first-order valence-electron chi connectivity index (χ1n) is 32.0. The fourth-order valence-electron chi connectivity index (χ4n) is 9.89. The molecule has 1 aromatic heterocycles. The quantitative estimate of drug-likeness (QED) is 0.0191. The Morgan fingerprint density at radius 1 is 0.817 bits per heavy atom. The van der Waals surface area contributed by atoms with Gasteiger partial charge in [-0.25, -0.2) is 4.98 Å². The topological polar surface area (TPSA) is 338 Å². The van der Waals surface area contributed by atoms with E-state index in [0.29, 0.717) is 51.3 Å². The molecule has 1 aromatic carbocycles. The first kappa shape index (κ1) is 80.1. The highest BCUT2D eigenvalue weighted by Crippen LogP contribution is 2.33. The average molecular weight is 1330 g/mol. The van der Waals surface area contributed by atoms with Crippen LogP contribution in [-0.2, 0) is 73.3 Å². The molecule has 0 saturated carbocycles. The number of rotatable bonds is 40. The second-order valence-corrected chi connectivity index (χ2v) is 26.4. The molecule has 1 saturated heterocycles. The number of nitrogens with one attached hydrogen (secondary N) is 6. The molecule has 27 heteroatoms. The molecule has 26 nitrogen and oxygen atoms in total. The highest BCUT2D eigenvalue weighted by molar-refractivity contribution is 7.09. The minimum atomic E-state index is -1.19. The van der Waals surface area contributed by atoms with Crippen molar-refractivity contribution in [2.75, 3.05) is 85.3 Å². The summed E-state index contributed by atoms with van der Waals surface area (Å²) in [4.78, 5) is 138. The number of carboxylic acid groups (broad SMARTS) is 1. The van der Waals surface area contributed by atoms with Crippen molar-refractivity contribution in [1.82, 2.24) is 41.4 Å². The summed E-state index contributed by atoms with van der Waals surface area (Å²) in [6, 6.07) is 2.27. The van der Waals surface area contributed by atoms with Crippen molar-refractivity contribution in [2.45, 2.75) is 190 Å². The molecule has 0 radical (unpaired) electrons. The third-order valence-corrected chi connectivity index (χ3v) is 16.6. The number of carbonyl (C=O) groups is 10. The standard InChI is InChI=1S/C66H103N9O17S/c1-16-43(6)58(73-60(82)51-19-17-18-28-74(51)14)62(83)75(15)52(41(2)3)38-54(92-46(9)77)61-71-50(39-93-61)59(81)70-48(35-44(7)63(84)85)36-47-20-21-53(91-45(8)76)49(37-47)72-64(86)65(10,11)40-90-66(12,13)25-26-67-55(78)22-23-56(79)68-27-30-88-32-34-89-33-31-87-29-24-57(80)69-42(4)5/h20-21,37,39,41-44,48,51-52,54,58H,16-19,24-36,38,40H2,1-15H3,(H,67,78)(H,68,79)(H,69,80)(H,70,81)(H,72,86)(H,73,82)(H,84,85)/t43-,44?,48+,51+,52?,54+,58-/m0/s1. The van der Waals surface area contributed by atoms with Gasteiger partial charge >= 0.3 is 17.9 Å². The van der Waals surface area contributed by atoms with Crippen molar-refractivity contribution in [3.05, 3.63) is 39.8 Å². The Morgan fingerprint density at radius 2 is 1.45 bits per heavy atom. The number of aromatic nitrogens is 1. The average Bonchev–Trinajstić information content (AvgIpc) is 1.72. The monoisotopic (exact) mass is 1330 g/mol. The number of ether oxygens (including phenoxy) is 6. The number of aliphatic carboxylic acids is 1. The van der Waals surface area contributed by atoms with Crippen molar-refractivity contribution in [3.63, 3.8) is 0 Å². The number of carboxylic acids is 1. The zero-order valence-electron chi connectivity index (χ0n) is 57.2. The van der Waals surface area contributed by atoms with Crippen LogP contribution in [-0.4, -0.2) is 195 Å². The van der Waals surface area contributed by atoms with Crippen LogP contribution in [0.5, 0.6) is 5.75 Å². The van der Waals surface area contributed by atoms with Crippen LogP contribution in [0.2, 0.25) is 0 Å². The van der Waals surface area contributed by atoms with Crippen LogP contribution >= 0.6 is 11.3 Å². The Morgan fingerprint density at radius 3 is 2.04 bits per heavy atom. The van der Waals surface area contributed by atoms with Crippen LogP contribution in [0.3, 0.4) is 0 Å². The molecule has 7 amide bonds. The maximum absolute atomic E-state index is 14.4. The van der Waals surface area contributed by atoms with Gasteiger partial charge in [-0.15, -0.1) is 11.3 Å². The molecule has 2 unspecified atom stereocenters. The number of nitrogens with zero attached hydrogens (tertiary/aromatic N) is 3. The molecule has 0 bridgehead atoms. The van der Waals surface area contributed by atoms with Gasteiger partial charge in [-0.1, -0.05) is 53.5 Å². The van der Waals surface area contributed by atoms with E-state index in [2.05, 4.69) is 48.7 Å². The van der Waals surface area contributed by atoms with Gasteiger partial charge < -0.3 is 70.3 Å². The number of anilines is 1. The zero-order valence-corrected chi connectivity index (χ0v) is 58.0. The summed E-state index contributed by atoms with van der Waals surface area (Å²) < 4.78 is 33.8. The predicted octanol–water partition coefficient (Wildman–Crippen LogP) is 5.36.